The molecule has 1 rings (SSSR count). The van der Waals surface area contributed by atoms with Gasteiger partial charge in [-0.2, -0.15) is 13.2 Å². The molecule has 0 aliphatic carbocycles. The molecule has 0 saturated carbocycles. The molecule has 0 aliphatic heterocycles. The highest BCUT2D eigenvalue weighted by molar-refractivity contribution is 6.30. The molecule has 0 spiro atoms. The third-order valence-electron chi connectivity index (χ3n) is 2.39. The Morgan fingerprint density at radius 3 is 2.44 bits per heavy atom. The summed E-state index contributed by atoms with van der Waals surface area (Å²) in [5, 5.41) is 8.66. The van der Waals surface area contributed by atoms with Crippen molar-refractivity contribution in [1.82, 2.24) is 0 Å². The van der Waals surface area contributed by atoms with E-state index in [1.54, 1.807) is 0 Å². The Bertz CT molecular complexity index is 385. The Kier molecular flexibility index (Phi) is 6.99. The van der Waals surface area contributed by atoms with Gasteiger partial charge in [-0.3, -0.25) is 0 Å². The average Bonchev–Trinajstić information content (AvgIpc) is 2.24. The van der Waals surface area contributed by atoms with Crippen molar-refractivity contribution < 1.29 is 18.3 Å². The molecule has 7 heteroatoms. The average molecular weight is 304 g/mol. The maximum Gasteiger partial charge on any atom is 0.416 e. The van der Waals surface area contributed by atoms with E-state index in [4.69, 9.17) is 22.4 Å². The molecule has 0 saturated heterocycles. The van der Waals surface area contributed by atoms with Crippen LogP contribution in [0.15, 0.2) is 18.2 Å². The number of benzene rings is 1. The lowest BCUT2D eigenvalue weighted by Gasteiger charge is -2.18. The van der Waals surface area contributed by atoms with E-state index in [0.29, 0.717) is 12.8 Å². The van der Waals surface area contributed by atoms with E-state index >= 15 is 0 Å². The highest BCUT2D eigenvalue weighted by Gasteiger charge is 2.34. The van der Waals surface area contributed by atoms with Crippen LogP contribution in [0.1, 0.15) is 30.0 Å². The first-order chi connectivity index (χ1) is 7.86. The number of halogens is 5. The van der Waals surface area contributed by atoms with Crippen LogP contribution in [0.25, 0.3) is 0 Å². The van der Waals surface area contributed by atoms with Crippen molar-refractivity contribution in [2.45, 2.75) is 25.1 Å². The molecule has 0 bridgehead atoms. The topological polar surface area (TPSA) is 46.2 Å². The molecule has 104 valence electrons. The number of aliphatic hydroxyl groups excluding tert-OH is 1. The third-order valence-corrected chi connectivity index (χ3v) is 2.63. The maximum absolute atomic E-state index is 12.7. The van der Waals surface area contributed by atoms with Gasteiger partial charge in [0.15, 0.2) is 0 Å². The lowest BCUT2D eigenvalue weighted by atomic mass is 9.97. The van der Waals surface area contributed by atoms with Crippen molar-refractivity contribution in [2.75, 3.05) is 6.61 Å². The summed E-state index contributed by atoms with van der Waals surface area (Å²) in [6.45, 7) is -0.0946. The SMILES string of the molecule is Cl.N[C@@H](CCCO)c1ccc(Cl)cc1C(F)(F)F. The van der Waals surface area contributed by atoms with Crippen molar-refractivity contribution >= 4 is 24.0 Å². The van der Waals surface area contributed by atoms with Crippen LogP contribution in [0.3, 0.4) is 0 Å². The maximum atomic E-state index is 12.7. The molecular formula is C11H14Cl2F3NO. The van der Waals surface area contributed by atoms with E-state index in [2.05, 4.69) is 0 Å². The fourth-order valence-corrected chi connectivity index (χ4v) is 1.74. The minimum atomic E-state index is -4.48. The van der Waals surface area contributed by atoms with Crippen LogP contribution in [0, 0.1) is 0 Å². The number of hydrogen-bond acceptors (Lipinski definition) is 2. The fraction of sp³-hybridized carbons (Fsp3) is 0.455. The molecule has 1 atom stereocenters. The molecule has 0 aromatic heterocycles. The van der Waals surface area contributed by atoms with E-state index in [-0.39, 0.29) is 29.6 Å². The zero-order valence-corrected chi connectivity index (χ0v) is 10.9. The minimum Gasteiger partial charge on any atom is -0.396 e. The second kappa shape index (κ2) is 7.19. The van der Waals surface area contributed by atoms with Gasteiger partial charge in [0.05, 0.1) is 5.56 Å². The van der Waals surface area contributed by atoms with Crippen molar-refractivity contribution in [1.29, 1.82) is 0 Å². The summed E-state index contributed by atoms with van der Waals surface area (Å²) in [5.74, 6) is 0. The lowest BCUT2D eigenvalue weighted by Crippen LogP contribution is -2.17. The largest absolute Gasteiger partial charge is 0.416 e. The predicted octanol–water partition coefficient (Wildman–Crippen LogP) is 3.55. The summed E-state index contributed by atoms with van der Waals surface area (Å²) in [6, 6.07) is 2.78. The lowest BCUT2D eigenvalue weighted by molar-refractivity contribution is -0.138. The van der Waals surface area contributed by atoms with E-state index in [1.807, 2.05) is 0 Å². The summed E-state index contributed by atoms with van der Waals surface area (Å²) < 4.78 is 38.2. The van der Waals surface area contributed by atoms with E-state index in [1.165, 1.54) is 12.1 Å². The van der Waals surface area contributed by atoms with Crippen LogP contribution >= 0.6 is 24.0 Å². The predicted molar refractivity (Wildman–Crippen MR) is 67.0 cm³/mol. The quantitative estimate of drug-likeness (QED) is 0.893. The van der Waals surface area contributed by atoms with Gasteiger partial charge in [0.25, 0.3) is 0 Å². The van der Waals surface area contributed by atoms with Gasteiger partial charge in [-0.1, -0.05) is 17.7 Å². The van der Waals surface area contributed by atoms with E-state index in [0.717, 1.165) is 6.07 Å². The van der Waals surface area contributed by atoms with Crippen LogP contribution < -0.4 is 5.73 Å². The van der Waals surface area contributed by atoms with Gasteiger partial charge < -0.3 is 10.8 Å². The minimum absolute atomic E-state index is 0. The number of rotatable bonds is 4. The van der Waals surface area contributed by atoms with E-state index in [9.17, 15) is 13.2 Å². The van der Waals surface area contributed by atoms with Crippen molar-refractivity contribution in [3.63, 3.8) is 0 Å². The number of aliphatic hydroxyl groups is 1. The molecule has 3 N–H and O–H groups in total. The van der Waals surface area contributed by atoms with Crippen molar-refractivity contribution in [3.8, 4) is 0 Å². The number of alkyl halides is 3. The van der Waals surface area contributed by atoms with Gasteiger partial charge in [-0.05, 0) is 30.5 Å². The van der Waals surface area contributed by atoms with Crippen molar-refractivity contribution in [3.05, 3.63) is 34.3 Å². The summed E-state index contributed by atoms with van der Waals surface area (Å²) in [7, 11) is 0. The molecular weight excluding hydrogens is 290 g/mol. The Morgan fingerprint density at radius 2 is 1.94 bits per heavy atom. The fourth-order valence-electron chi connectivity index (χ4n) is 1.56. The molecule has 1 aromatic rings. The first kappa shape index (κ1) is 17.5. The van der Waals surface area contributed by atoms with Crippen LogP contribution in [-0.4, -0.2) is 11.7 Å². The molecule has 18 heavy (non-hydrogen) atoms. The zero-order chi connectivity index (χ0) is 13.1. The zero-order valence-electron chi connectivity index (χ0n) is 9.38. The molecule has 0 radical (unpaired) electrons. The molecule has 0 aliphatic rings. The second-order valence-electron chi connectivity index (χ2n) is 3.70. The monoisotopic (exact) mass is 303 g/mol. The Balaban J connectivity index is 0.00000289. The second-order valence-corrected chi connectivity index (χ2v) is 4.14. The molecule has 0 amide bonds. The highest BCUT2D eigenvalue weighted by Crippen LogP contribution is 2.36. The highest BCUT2D eigenvalue weighted by atomic mass is 35.5. The van der Waals surface area contributed by atoms with E-state index < -0.39 is 17.8 Å². The standard InChI is InChI=1S/C11H13ClF3NO.ClH/c12-7-3-4-8(10(16)2-1-5-17)9(6-7)11(13,14)15;/h3-4,6,10,17H,1-2,5,16H2;1H/t10-;/m0./s1. The van der Waals surface area contributed by atoms with Gasteiger partial charge in [0.2, 0.25) is 0 Å². The van der Waals surface area contributed by atoms with Crippen LogP contribution in [0.4, 0.5) is 13.2 Å². The molecule has 2 nitrogen and oxygen atoms in total. The van der Waals surface area contributed by atoms with Gasteiger partial charge in [0.1, 0.15) is 0 Å². The van der Waals surface area contributed by atoms with Crippen LogP contribution in [-0.2, 0) is 6.18 Å². The molecule has 0 fully saturated rings. The van der Waals surface area contributed by atoms with Gasteiger partial charge in [-0.15, -0.1) is 12.4 Å². The summed E-state index contributed by atoms with van der Waals surface area (Å²) in [4.78, 5) is 0. The number of hydrogen-bond donors (Lipinski definition) is 2. The number of nitrogens with two attached hydrogens (primary N) is 1. The first-order valence-electron chi connectivity index (χ1n) is 5.09. The summed E-state index contributed by atoms with van der Waals surface area (Å²) in [6.07, 6.45) is -3.82. The van der Waals surface area contributed by atoms with Gasteiger partial charge in [-0.25, -0.2) is 0 Å². The molecule has 1 aromatic carbocycles. The Labute approximate surface area is 114 Å². The third kappa shape index (κ3) is 4.65. The molecule has 0 unspecified atom stereocenters. The summed E-state index contributed by atoms with van der Waals surface area (Å²) >= 11 is 5.55. The van der Waals surface area contributed by atoms with Gasteiger partial charge >= 0.3 is 6.18 Å². The smallest absolute Gasteiger partial charge is 0.396 e. The first-order valence-corrected chi connectivity index (χ1v) is 5.47. The van der Waals surface area contributed by atoms with Crippen LogP contribution in [0.5, 0.6) is 0 Å². The normalized spacial score (nSPS) is 13.0. The Hall–Kier alpha value is -0.490. The van der Waals surface area contributed by atoms with Crippen LogP contribution in [0.2, 0.25) is 5.02 Å². The van der Waals surface area contributed by atoms with Gasteiger partial charge in [0, 0.05) is 17.7 Å². The Morgan fingerprint density at radius 1 is 1.33 bits per heavy atom. The van der Waals surface area contributed by atoms with Crippen molar-refractivity contribution in [2.24, 2.45) is 5.73 Å². The molecule has 0 heterocycles. The summed E-state index contributed by atoms with van der Waals surface area (Å²) in [5.41, 5.74) is 4.87.